The van der Waals surface area contributed by atoms with Crippen LogP contribution in [0, 0.1) is 17.8 Å². The fraction of sp³-hybridized carbons (Fsp3) is 0.947. The lowest BCUT2D eigenvalue weighted by atomic mass is 9.99. The normalized spacial score (nSPS) is 14.4. The molecule has 3 unspecified atom stereocenters. The molecule has 0 heterocycles. The molecule has 0 aliphatic carbocycles. The predicted molar refractivity (Wildman–Crippen MR) is 381 cm³/mol. The van der Waals surface area contributed by atoms with Crippen molar-refractivity contribution >= 4 is 39.5 Å². The standard InChI is InChI=1S/C75H146O17P2/c1-8-10-11-12-13-14-21-29-36-44-51-58-74(79)92-71(63-86-73(78)57-50-43-38-31-33-40-47-54-67(5)6)65-90-94(83,84)88-61-69(76)60-87-93(81,82)89-64-70(62-85-72(77)56-49-42-35-28-25-24-27-34-41-48-55-68(7)9-2)91-75(80)59-52-45-37-30-23-20-18-16-15-17-19-22-26-32-39-46-53-66(3)4/h66-71,76H,8-65H2,1-7H3,(H,81,82)(H,83,84)/t68?,69-,70-,71-/m1/s1. The van der Waals surface area contributed by atoms with Gasteiger partial charge in [-0.15, -0.1) is 0 Å². The highest BCUT2D eigenvalue weighted by molar-refractivity contribution is 7.47. The van der Waals surface area contributed by atoms with Gasteiger partial charge in [0.05, 0.1) is 26.4 Å². The van der Waals surface area contributed by atoms with Crippen molar-refractivity contribution in [3.63, 3.8) is 0 Å². The van der Waals surface area contributed by atoms with E-state index in [1.54, 1.807) is 0 Å². The number of hydrogen-bond acceptors (Lipinski definition) is 15. The number of hydrogen-bond donors (Lipinski definition) is 3. The van der Waals surface area contributed by atoms with Gasteiger partial charge in [0.25, 0.3) is 0 Å². The van der Waals surface area contributed by atoms with Crippen LogP contribution >= 0.6 is 15.6 Å². The van der Waals surface area contributed by atoms with E-state index in [1.165, 1.54) is 186 Å². The summed E-state index contributed by atoms with van der Waals surface area (Å²) in [7, 11) is -9.91. The van der Waals surface area contributed by atoms with Gasteiger partial charge in [-0.25, -0.2) is 9.13 Å². The van der Waals surface area contributed by atoms with Crippen molar-refractivity contribution in [3.05, 3.63) is 0 Å². The predicted octanol–water partition coefficient (Wildman–Crippen LogP) is 21.8. The van der Waals surface area contributed by atoms with Crippen molar-refractivity contribution < 1.29 is 80.2 Å². The van der Waals surface area contributed by atoms with Crippen LogP contribution in [0.1, 0.15) is 382 Å². The largest absolute Gasteiger partial charge is 0.472 e. The van der Waals surface area contributed by atoms with Gasteiger partial charge in [0.1, 0.15) is 19.3 Å². The summed E-state index contributed by atoms with van der Waals surface area (Å²) >= 11 is 0. The molecule has 0 fully saturated rings. The van der Waals surface area contributed by atoms with Gasteiger partial charge in [-0.2, -0.15) is 0 Å². The maximum absolute atomic E-state index is 13.1. The number of esters is 4. The van der Waals surface area contributed by atoms with E-state index in [1.807, 2.05) is 0 Å². The van der Waals surface area contributed by atoms with E-state index < -0.39 is 97.5 Å². The van der Waals surface area contributed by atoms with Gasteiger partial charge in [0.15, 0.2) is 12.2 Å². The molecule has 0 aliphatic heterocycles. The average molecular weight is 1380 g/mol. The van der Waals surface area contributed by atoms with Gasteiger partial charge in [-0.05, 0) is 43.4 Å². The first-order valence-electron chi connectivity index (χ1n) is 38.9. The number of carbonyl (C=O) groups is 4. The molecule has 94 heavy (non-hydrogen) atoms. The Balaban J connectivity index is 5.23. The SMILES string of the molecule is CCCCCCCCCCCCCC(=O)O[C@H](COC(=O)CCCCCCCCCC(C)C)COP(=O)(O)OC[C@H](O)COP(=O)(O)OC[C@@H](COC(=O)CCCCCCCCCCCCC(C)CC)OC(=O)CCCCCCCCCCCCCCCCCCC(C)C. The third-order valence-electron chi connectivity index (χ3n) is 17.7. The number of ether oxygens (including phenoxy) is 4. The molecule has 0 aromatic heterocycles. The Labute approximate surface area is 575 Å². The highest BCUT2D eigenvalue weighted by Crippen LogP contribution is 2.45. The molecular formula is C75H146O17P2. The van der Waals surface area contributed by atoms with Crippen molar-refractivity contribution in [1.82, 2.24) is 0 Å². The number of aliphatic hydroxyl groups is 1. The second-order valence-corrected chi connectivity index (χ2v) is 31.1. The lowest BCUT2D eigenvalue weighted by molar-refractivity contribution is -0.161. The van der Waals surface area contributed by atoms with Crippen LogP contribution in [0.4, 0.5) is 0 Å². The third kappa shape index (κ3) is 67.3. The van der Waals surface area contributed by atoms with Crippen molar-refractivity contribution in [1.29, 1.82) is 0 Å². The molecule has 0 aromatic carbocycles. The Morgan fingerprint density at radius 2 is 0.543 bits per heavy atom. The molecule has 0 saturated carbocycles. The molecule has 0 rings (SSSR count). The molecule has 0 aromatic rings. The van der Waals surface area contributed by atoms with Crippen LogP contribution in [0.2, 0.25) is 0 Å². The first-order chi connectivity index (χ1) is 45.3. The molecule has 558 valence electrons. The smallest absolute Gasteiger partial charge is 0.462 e. The average Bonchev–Trinajstić information content (AvgIpc) is 1.53. The molecule has 19 heteroatoms. The van der Waals surface area contributed by atoms with Crippen LogP contribution in [0.15, 0.2) is 0 Å². The van der Waals surface area contributed by atoms with Crippen LogP contribution in [0.5, 0.6) is 0 Å². The first-order valence-corrected chi connectivity index (χ1v) is 41.9. The summed E-state index contributed by atoms with van der Waals surface area (Å²) in [5.74, 6) is 0.205. The van der Waals surface area contributed by atoms with Crippen molar-refractivity contribution in [2.75, 3.05) is 39.6 Å². The molecule has 0 spiro atoms. The summed E-state index contributed by atoms with van der Waals surface area (Å²) in [6, 6.07) is 0. The van der Waals surface area contributed by atoms with E-state index in [-0.39, 0.29) is 25.7 Å². The van der Waals surface area contributed by atoms with Crippen molar-refractivity contribution in [2.24, 2.45) is 17.8 Å². The summed E-state index contributed by atoms with van der Waals surface area (Å²) in [4.78, 5) is 72.7. The second kappa shape index (κ2) is 65.7. The molecule has 17 nitrogen and oxygen atoms in total. The summed E-state index contributed by atoms with van der Waals surface area (Å²) in [5, 5.41) is 10.6. The number of phosphoric acid groups is 2. The molecule has 0 bridgehead atoms. The van der Waals surface area contributed by atoms with Crippen LogP contribution in [-0.4, -0.2) is 96.7 Å². The first kappa shape index (κ1) is 92.1. The van der Waals surface area contributed by atoms with E-state index in [0.29, 0.717) is 31.6 Å². The fourth-order valence-corrected chi connectivity index (χ4v) is 13.0. The molecule has 0 saturated heterocycles. The number of rotatable bonds is 73. The lowest BCUT2D eigenvalue weighted by Crippen LogP contribution is -2.30. The van der Waals surface area contributed by atoms with E-state index in [2.05, 4.69) is 48.5 Å². The summed E-state index contributed by atoms with van der Waals surface area (Å²) in [6.45, 7) is 11.9. The fourth-order valence-electron chi connectivity index (χ4n) is 11.4. The lowest BCUT2D eigenvalue weighted by Gasteiger charge is -2.21. The van der Waals surface area contributed by atoms with Gasteiger partial charge in [-0.3, -0.25) is 37.3 Å². The molecule has 6 atom stereocenters. The number of carbonyl (C=O) groups excluding carboxylic acids is 4. The molecule has 0 amide bonds. The van der Waals surface area contributed by atoms with Crippen LogP contribution in [-0.2, 0) is 65.4 Å². The van der Waals surface area contributed by atoms with Gasteiger partial charge in [-0.1, -0.05) is 331 Å². The minimum atomic E-state index is -4.96. The quantitative estimate of drug-likeness (QED) is 0.0222. The Morgan fingerprint density at radius 3 is 0.809 bits per heavy atom. The Morgan fingerprint density at radius 1 is 0.309 bits per heavy atom. The Bertz CT molecular complexity index is 1840. The monoisotopic (exact) mass is 1380 g/mol. The second-order valence-electron chi connectivity index (χ2n) is 28.2. The Hall–Kier alpha value is -1.94. The minimum Gasteiger partial charge on any atom is -0.462 e. The number of unbranched alkanes of at least 4 members (excludes halogenated alkanes) is 40. The number of aliphatic hydroxyl groups excluding tert-OH is 1. The van der Waals surface area contributed by atoms with Gasteiger partial charge >= 0.3 is 39.5 Å². The molecule has 0 radical (unpaired) electrons. The third-order valence-corrected chi connectivity index (χ3v) is 19.6. The van der Waals surface area contributed by atoms with E-state index in [4.69, 9.17) is 37.0 Å². The van der Waals surface area contributed by atoms with Gasteiger partial charge < -0.3 is 33.8 Å². The van der Waals surface area contributed by atoms with Crippen LogP contribution in [0.25, 0.3) is 0 Å². The van der Waals surface area contributed by atoms with Crippen molar-refractivity contribution in [3.8, 4) is 0 Å². The highest BCUT2D eigenvalue weighted by atomic mass is 31.2. The van der Waals surface area contributed by atoms with Crippen LogP contribution in [0.3, 0.4) is 0 Å². The van der Waals surface area contributed by atoms with Gasteiger partial charge in [0, 0.05) is 25.7 Å². The zero-order valence-corrected chi connectivity index (χ0v) is 63.2. The number of phosphoric ester groups is 2. The maximum atomic E-state index is 13.1. The minimum absolute atomic E-state index is 0.106. The van der Waals surface area contributed by atoms with Gasteiger partial charge in [0.2, 0.25) is 0 Å². The molecular weight excluding hydrogens is 1230 g/mol. The molecule has 3 N–H and O–H groups in total. The zero-order valence-electron chi connectivity index (χ0n) is 61.4. The summed E-state index contributed by atoms with van der Waals surface area (Å²) in [5.41, 5.74) is 0. The Kier molecular flexibility index (Phi) is 64.3. The molecule has 0 aliphatic rings. The topological polar surface area (TPSA) is 237 Å². The highest BCUT2D eigenvalue weighted by Gasteiger charge is 2.30. The maximum Gasteiger partial charge on any atom is 0.472 e. The van der Waals surface area contributed by atoms with Crippen molar-refractivity contribution in [2.45, 2.75) is 401 Å². The summed E-state index contributed by atoms with van der Waals surface area (Å²) < 4.78 is 68.5. The van der Waals surface area contributed by atoms with E-state index >= 15 is 0 Å². The van der Waals surface area contributed by atoms with E-state index in [9.17, 15) is 43.2 Å². The van der Waals surface area contributed by atoms with Crippen LogP contribution < -0.4 is 0 Å². The van der Waals surface area contributed by atoms with E-state index in [0.717, 1.165) is 108 Å². The summed E-state index contributed by atoms with van der Waals surface area (Å²) in [6.07, 6.45) is 51.3. The zero-order chi connectivity index (χ0) is 69.4.